The summed E-state index contributed by atoms with van der Waals surface area (Å²) >= 11 is 5.45. The number of hydrogen-bond acceptors (Lipinski definition) is 3. The van der Waals surface area contributed by atoms with E-state index in [0.29, 0.717) is 5.41 Å². The van der Waals surface area contributed by atoms with Gasteiger partial charge in [-0.05, 0) is 48.9 Å². The van der Waals surface area contributed by atoms with Crippen LogP contribution in [-0.2, 0) is 0 Å². The average molecular weight is 353 g/mol. The Hall–Kier alpha value is -0.480. The van der Waals surface area contributed by atoms with Crippen molar-refractivity contribution >= 4 is 38.5 Å². The fourth-order valence-corrected chi connectivity index (χ4v) is 4.94. The van der Waals surface area contributed by atoms with Crippen molar-refractivity contribution in [1.82, 2.24) is 0 Å². The van der Waals surface area contributed by atoms with Crippen molar-refractivity contribution in [2.45, 2.75) is 39.0 Å². The first-order valence-corrected chi connectivity index (χ1v) is 9.15. The molecule has 0 aromatic heterocycles. The SMILES string of the molecule is Cc1cc(Br)cc(NC2=NCC3(CCCCC3)CS2)c1. The molecule has 0 unspecified atom stereocenters. The fourth-order valence-electron chi connectivity index (χ4n) is 3.16. The second-order valence-electron chi connectivity index (χ2n) is 6.11. The third-order valence-electron chi connectivity index (χ3n) is 4.28. The Morgan fingerprint density at radius 1 is 1.20 bits per heavy atom. The topological polar surface area (TPSA) is 24.4 Å². The molecule has 1 spiro atoms. The Balaban J connectivity index is 1.67. The van der Waals surface area contributed by atoms with Gasteiger partial charge in [-0.3, -0.25) is 4.99 Å². The fraction of sp³-hybridized carbons (Fsp3) is 0.562. The van der Waals surface area contributed by atoms with Gasteiger partial charge in [0.25, 0.3) is 0 Å². The van der Waals surface area contributed by atoms with Crippen molar-refractivity contribution in [2.24, 2.45) is 10.4 Å². The number of rotatable bonds is 1. The summed E-state index contributed by atoms with van der Waals surface area (Å²) in [6, 6.07) is 6.40. The maximum absolute atomic E-state index is 4.81. The zero-order valence-corrected chi connectivity index (χ0v) is 14.3. The number of hydrogen-bond donors (Lipinski definition) is 1. The van der Waals surface area contributed by atoms with Crippen molar-refractivity contribution in [3.05, 3.63) is 28.2 Å². The van der Waals surface area contributed by atoms with E-state index in [1.807, 2.05) is 11.8 Å². The maximum Gasteiger partial charge on any atom is 0.161 e. The molecule has 20 heavy (non-hydrogen) atoms. The van der Waals surface area contributed by atoms with Gasteiger partial charge in [0.2, 0.25) is 0 Å². The normalized spacial score (nSPS) is 21.6. The Labute approximate surface area is 134 Å². The van der Waals surface area contributed by atoms with Crippen LogP contribution in [0.4, 0.5) is 5.69 Å². The molecule has 1 aliphatic heterocycles. The van der Waals surface area contributed by atoms with E-state index in [4.69, 9.17) is 4.99 Å². The van der Waals surface area contributed by atoms with E-state index in [2.05, 4.69) is 46.4 Å². The Morgan fingerprint density at radius 2 is 2.00 bits per heavy atom. The first-order chi connectivity index (χ1) is 9.65. The molecule has 1 aromatic rings. The van der Waals surface area contributed by atoms with Crippen molar-refractivity contribution in [1.29, 1.82) is 0 Å². The van der Waals surface area contributed by atoms with Crippen LogP contribution in [0.2, 0.25) is 0 Å². The summed E-state index contributed by atoms with van der Waals surface area (Å²) in [5, 5.41) is 4.55. The van der Waals surface area contributed by atoms with E-state index >= 15 is 0 Å². The van der Waals surface area contributed by atoms with Gasteiger partial charge < -0.3 is 5.32 Å². The molecule has 2 nitrogen and oxygen atoms in total. The lowest BCUT2D eigenvalue weighted by molar-refractivity contribution is 0.232. The molecule has 0 saturated heterocycles. The molecule has 2 aliphatic rings. The highest BCUT2D eigenvalue weighted by atomic mass is 79.9. The number of amidine groups is 1. The molecule has 1 fully saturated rings. The second kappa shape index (κ2) is 6.10. The molecule has 3 rings (SSSR count). The summed E-state index contributed by atoms with van der Waals surface area (Å²) in [4.78, 5) is 4.81. The van der Waals surface area contributed by atoms with Crippen molar-refractivity contribution in [3.63, 3.8) is 0 Å². The molecule has 1 aliphatic carbocycles. The van der Waals surface area contributed by atoms with Crippen molar-refractivity contribution in [3.8, 4) is 0 Å². The average Bonchev–Trinajstić information content (AvgIpc) is 2.42. The minimum Gasteiger partial charge on any atom is -0.335 e. The van der Waals surface area contributed by atoms with Crippen LogP contribution in [-0.4, -0.2) is 17.5 Å². The summed E-state index contributed by atoms with van der Waals surface area (Å²) in [6.07, 6.45) is 6.94. The second-order valence-corrected chi connectivity index (χ2v) is 7.99. The number of thioether (sulfide) groups is 1. The van der Waals surface area contributed by atoms with Gasteiger partial charge in [0, 0.05) is 22.5 Å². The third kappa shape index (κ3) is 3.40. The van der Waals surface area contributed by atoms with E-state index in [9.17, 15) is 0 Å². The van der Waals surface area contributed by atoms with Gasteiger partial charge >= 0.3 is 0 Å². The van der Waals surface area contributed by atoms with E-state index in [1.54, 1.807) is 0 Å². The van der Waals surface area contributed by atoms with Crippen molar-refractivity contribution in [2.75, 3.05) is 17.6 Å². The van der Waals surface area contributed by atoms with Crippen LogP contribution in [0.25, 0.3) is 0 Å². The molecule has 4 heteroatoms. The zero-order chi connectivity index (χ0) is 14.0. The minimum atomic E-state index is 0.501. The highest BCUT2D eigenvalue weighted by Crippen LogP contribution is 2.42. The number of nitrogens with zero attached hydrogens (tertiary/aromatic N) is 1. The van der Waals surface area contributed by atoms with E-state index in [0.717, 1.165) is 21.9 Å². The lowest BCUT2D eigenvalue weighted by Gasteiger charge is -2.38. The predicted octanol–water partition coefficient (Wildman–Crippen LogP) is 5.22. The molecule has 0 bridgehead atoms. The molecule has 0 atom stereocenters. The molecule has 108 valence electrons. The summed E-state index contributed by atoms with van der Waals surface area (Å²) < 4.78 is 1.12. The number of nitrogens with one attached hydrogen (secondary N) is 1. The number of halogens is 1. The summed E-state index contributed by atoms with van der Waals surface area (Å²) in [7, 11) is 0. The monoisotopic (exact) mass is 352 g/mol. The number of anilines is 1. The predicted molar refractivity (Wildman–Crippen MR) is 92.8 cm³/mol. The third-order valence-corrected chi connectivity index (χ3v) is 6.00. The highest BCUT2D eigenvalue weighted by molar-refractivity contribution is 9.10. The van der Waals surface area contributed by atoms with Gasteiger partial charge in [-0.25, -0.2) is 0 Å². The van der Waals surface area contributed by atoms with E-state index < -0.39 is 0 Å². The molecule has 1 N–H and O–H groups in total. The van der Waals surface area contributed by atoms with Crippen LogP contribution in [0.15, 0.2) is 27.7 Å². The first-order valence-electron chi connectivity index (χ1n) is 7.37. The molecule has 1 heterocycles. The lowest BCUT2D eigenvalue weighted by atomic mass is 9.75. The highest BCUT2D eigenvalue weighted by Gasteiger charge is 2.34. The van der Waals surface area contributed by atoms with Crippen molar-refractivity contribution < 1.29 is 0 Å². The van der Waals surface area contributed by atoms with Crippen LogP contribution in [0.1, 0.15) is 37.7 Å². The van der Waals surface area contributed by atoms with Gasteiger partial charge in [0.15, 0.2) is 5.17 Å². The quantitative estimate of drug-likeness (QED) is 0.748. The van der Waals surface area contributed by atoms with E-state index in [-0.39, 0.29) is 0 Å². The smallest absolute Gasteiger partial charge is 0.161 e. The number of aliphatic imine (C=N–C) groups is 1. The van der Waals surface area contributed by atoms with Crippen LogP contribution in [0, 0.1) is 12.3 Å². The van der Waals surface area contributed by atoms with Gasteiger partial charge in [0.1, 0.15) is 0 Å². The largest absolute Gasteiger partial charge is 0.335 e. The summed E-state index contributed by atoms with van der Waals surface area (Å²) in [5.41, 5.74) is 2.89. The minimum absolute atomic E-state index is 0.501. The zero-order valence-electron chi connectivity index (χ0n) is 11.9. The molecular weight excluding hydrogens is 332 g/mol. The molecule has 1 aromatic carbocycles. The Kier molecular flexibility index (Phi) is 4.41. The first kappa shape index (κ1) is 14.5. The number of benzene rings is 1. The Morgan fingerprint density at radius 3 is 2.65 bits per heavy atom. The Bertz CT molecular complexity index is 501. The van der Waals surface area contributed by atoms with Gasteiger partial charge in [-0.15, -0.1) is 0 Å². The summed E-state index contributed by atoms with van der Waals surface area (Å²) in [5.74, 6) is 1.23. The standard InChI is InChI=1S/C16H21BrN2S/c1-12-7-13(17)9-14(8-12)19-15-18-10-16(11-20-15)5-3-2-4-6-16/h7-9H,2-6,10-11H2,1H3,(H,18,19). The lowest BCUT2D eigenvalue weighted by Crippen LogP contribution is -2.35. The molecule has 1 saturated carbocycles. The van der Waals surface area contributed by atoms with Gasteiger partial charge in [-0.2, -0.15) is 0 Å². The molecular formula is C16H21BrN2S. The van der Waals surface area contributed by atoms with Crippen LogP contribution >= 0.6 is 27.7 Å². The molecule has 0 radical (unpaired) electrons. The van der Waals surface area contributed by atoms with E-state index in [1.165, 1.54) is 43.4 Å². The summed E-state index contributed by atoms with van der Waals surface area (Å²) in [6.45, 7) is 3.12. The van der Waals surface area contributed by atoms with Gasteiger partial charge in [0.05, 0.1) is 0 Å². The van der Waals surface area contributed by atoms with Crippen LogP contribution in [0.3, 0.4) is 0 Å². The van der Waals surface area contributed by atoms with Crippen LogP contribution in [0.5, 0.6) is 0 Å². The van der Waals surface area contributed by atoms with Gasteiger partial charge in [-0.1, -0.05) is 47.0 Å². The molecule has 0 amide bonds. The van der Waals surface area contributed by atoms with Crippen LogP contribution < -0.4 is 5.32 Å². The number of aryl methyl sites for hydroxylation is 1. The maximum atomic E-state index is 4.81.